The maximum atomic E-state index is 11.5. The molecule has 0 heterocycles. The minimum Gasteiger partial charge on any atom is -0.357 e. The second-order valence-electron chi connectivity index (χ2n) is 7.30. The second-order valence-corrected chi connectivity index (χ2v) is 9.05. The van der Waals surface area contributed by atoms with Gasteiger partial charge in [-0.2, -0.15) is 0 Å². The summed E-state index contributed by atoms with van der Waals surface area (Å²) < 4.78 is 25.6. The first kappa shape index (κ1) is 25.0. The summed E-state index contributed by atoms with van der Waals surface area (Å²) in [6.45, 7) is 4.15. The molecule has 3 N–H and O–H groups in total. The maximum absolute atomic E-state index is 11.5. The van der Waals surface area contributed by atoms with Crippen LogP contribution in [0.15, 0.2) is 29.3 Å². The Balaban J connectivity index is 0.00000392. The Labute approximate surface area is 187 Å². The molecule has 1 aliphatic rings. The first-order chi connectivity index (χ1) is 13.0. The summed E-state index contributed by atoms with van der Waals surface area (Å²) in [6, 6.07) is 7.36. The van der Waals surface area contributed by atoms with Crippen molar-refractivity contribution in [3.63, 3.8) is 0 Å². The minimum absolute atomic E-state index is 0. The van der Waals surface area contributed by atoms with E-state index in [0.29, 0.717) is 12.2 Å². The van der Waals surface area contributed by atoms with E-state index in [1.807, 2.05) is 25.1 Å². The SMILES string of the molecule is CCNC(=NCc1ccccc1NS(C)(=O)=O)NCCCC1CCCCC1.I. The summed E-state index contributed by atoms with van der Waals surface area (Å²) >= 11 is 0. The van der Waals surface area contributed by atoms with Crippen LogP contribution in [-0.4, -0.2) is 33.7 Å². The molecule has 0 bridgehead atoms. The molecule has 1 saturated carbocycles. The Morgan fingerprint density at radius 3 is 2.54 bits per heavy atom. The first-order valence-electron chi connectivity index (χ1n) is 10.1. The van der Waals surface area contributed by atoms with Crippen molar-refractivity contribution in [3.05, 3.63) is 29.8 Å². The maximum Gasteiger partial charge on any atom is 0.229 e. The number of aliphatic imine (C=N–C) groups is 1. The van der Waals surface area contributed by atoms with Gasteiger partial charge in [-0.1, -0.05) is 50.3 Å². The van der Waals surface area contributed by atoms with E-state index in [-0.39, 0.29) is 24.0 Å². The molecule has 0 atom stereocenters. The molecule has 1 fully saturated rings. The van der Waals surface area contributed by atoms with Gasteiger partial charge in [0.1, 0.15) is 0 Å². The number of halogens is 1. The zero-order valence-corrected chi connectivity index (χ0v) is 20.2. The third kappa shape index (κ3) is 9.95. The molecular formula is C20H35IN4O2S. The minimum atomic E-state index is -3.31. The predicted octanol–water partition coefficient (Wildman–Crippen LogP) is 4.09. The summed E-state index contributed by atoms with van der Waals surface area (Å²) in [5, 5.41) is 6.66. The number of para-hydroxylation sites is 1. The van der Waals surface area contributed by atoms with Crippen LogP contribution in [0.2, 0.25) is 0 Å². The van der Waals surface area contributed by atoms with Crippen molar-refractivity contribution in [1.82, 2.24) is 10.6 Å². The smallest absolute Gasteiger partial charge is 0.229 e. The van der Waals surface area contributed by atoms with E-state index in [9.17, 15) is 8.42 Å². The lowest BCUT2D eigenvalue weighted by Gasteiger charge is -2.21. The van der Waals surface area contributed by atoms with Crippen LogP contribution in [0.5, 0.6) is 0 Å². The van der Waals surface area contributed by atoms with Gasteiger partial charge < -0.3 is 10.6 Å². The number of benzene rings is 1. The van der Waals surface area contributed by atoms with E-state index < -0.39 is 10.0 Å². The summed E-state index contributed by atoms with van der Waals surface area (Å²) in [7, 11) is -3.31. The molecule has 0 aliphatic heterocycles. The van der Waals surface area contributed by atoms with Gasteiger partial charge in [0.05, 0.1) is 18.5 Å². The van der Waals surface area contributed by atoms with Crippen LogP contribution < -0.4 is 15.4 Å². The summed E-state index contributed by atoms with van der Waals surface area (Å²) in [4.78, 5) is 4.62. The Bertz CT molecular complexity index is 704. The fourth-order valence-corrected chi connectivity index (χ4v) is 4.14. The van der Waals surface area contributed by atoms with Crippen molar-refractivity contribution < 1.29 is 8.42 Å². The van der Waals surface area contributed by atoms with Gasteiger partial charge in [-0.05, 0) is 37.3 Å². The van der Waals surface area contributed by atoms with Crippen molar-refractivity contribution in [2.24, 2.45) is 10.9 Å². The van der Waals surface area contributed by atoms with Gasteiger partial charge in [-0.3, -0.25) is 4.72 Å². The van der Waals surface area contributed by atoms with Gasteiger partial charge in [0.2, 0.25) is 10.0 Å². The third-order valence-corrected chi connectivity index (χ3v) is 5.46. The molecule has 0 saturated heterocycles. The Morgan fingerprint density at radius 1 is 1.14 bits per heavy atom. The highest BCUT2D eigenvalue weighted by molar-refractivity contribution is 14.0. The van der Waals surface area contributed by atoms with E-state index in [2.05, 4.69) is 20.3 Å². The van der Waals surface area contributed by atoms with Crippen molar-refractivity contribution in [3.8, 4) is 0 Å². The number of rotatable bonds is 9. The van der Waals surface area contributed by atoms with Gasteiger partial charge in [-0.25, -0.2) is 13.4 Å². The summed E-state index contributed by atoms with van der Waals surface area (Å²) in [5.74, 6) is 1.67. The standard InChI is InChI=1S/C20H34N4O2S.HI/c1-3-21-20(22-15-9-12-17-10-5-4-6-11-17)23-16-18-13-7-8-14-19(18)24-27(2,25)26;/h7-8,13-14,17,24H,3-6,9-12,15-16H2,1-2H3,(H2,21,22,23);1H. The highest BCUT2D eigenvalue weighted by Gasteiger charge is 2.12. The lowest BCUT2D eigenvalue weighted by molar-refractivity contribution is 0.332. The number of nitrogens with zero attached hydrogens (tertiary/aromatic N) is 1. The molecule has 1 aromatic carbocycles. The molecule has 0 spiro atoms. The molecule has 1 aromatic rings. The first-order valence-corrected chi connectivity index (χ1v) is 11.9. The van der Waals surface area contributed by atoms with Crippen molar-refractivity contribution in [2.45, 2.75) is 58.4 Å². The number of hydrogen-bond acceptors (Lipinski definition) is 3. The van der Waals surface area contributed by atoms with E-state index >= 15 is 0 Å². The Morgan fingerprint density at radius 2 is 1.86 bits per heavy atom. The highest BCUT2D eigenvalue weighted by atomic mass is 127. The van der Waals surface area contributed by atoms with Crippen LogP contribution in [0, 0.1) is 5.92 Å². The van der Waals surface area contributed by atoms with Crippen molar-refractivity contribution in [1.29, 1.82) is 0 Å². The zero-order chi connectivity index (χ0) is 19.5. The van der Waals surface area contributed by atoms with Gasteiger partial charge in [0, 0.05) is 13.1 Å². The quantitative estimate of drug-likeness (QED) is 0.198. The number of hydrogen-bond donors (Lipinski definition) is 3. The molecule has 0 amide bonds. The van der Waals surface area contributed by atoms with E-state index in [4.69, 9.17) is 0 Å². The number of anilines is 1. The molecule has 0 aromatic heterocycles. The molecule has 1 aliphatic carbocycles. The molecule has 6 nitrogen and oxygen atoms in total. The summed E-state index contributed by atoms with van der Waals surface area (Å²) in [6.07, 6.45) is 10.6. The Hall–Kier alpha value is -1.03. The molecule has 2 rings (SSSR count). The van der Waals surface area contributed by atoms with Crippen LogP contribution in [-0.2, 0) is 16.6 Å². The molecule has 0 unspecified atom stereocenters. The molecule has 8 heteroatoms. The van der Waals surface area contributed by atoms with Gasteiger partial charge in [0.25, 0.3) is 0 Å². The van der Waals surface area contributed by atoms with Gasteiger partial charge in [0.15, 0.2) is 5.96 Å². The monoisotopic (exact) mass is 522 g/mol. The average molecular weight is 522 g/mol. The van der Waals surface area contributed by atoms with Crippen LogP contribution in [0.1, 0.15) is 57.4 Å². The number of sulfonamides is 1. The lowest BCUT2D eigenvalue weighted by atomic mass is 9.86. The van der Waals surface area contributed by atoms with Gasteiger partial charge in [-0.15, -0.1) is 24.0 Å². The second kappa shape index (κ2) is 13.2. The fourth-order valence-electron chi connectivity index (χ4n) is 3.54. The number of guanidine groups is 1. The average Bonchev–Trinajstić information content (AvgIpc) is 2.64. The topological polar surface area (TPSA) is 82.6 Å². The lowest BCUT2D eigenvalue weighted by Crippen LogP contribution is -2.37. The highest BCUT2D eigenvalue weighted by Crippen LogP contribution is 2.26. The van der Waals surface area contributed by atoms with Crippen LogP contribution >= 0.6 is 24.0 Å². The third-order valence-electron chi connectivity index (χ3n) is 4.87. The fraction of sp³-hybridized carbons (Fsp3) is 0.650. The molecule has 0 radical (unpaired) electrons. The molecule has 160 valence electrons. The van der Waals surface area contributed by atoms with Crippen LogP contribution in [0.25, 0.3) is 0 Å². The van der Waals surface area contributed by atoms with E-state index in [0.717, 1.165) is 43.2 Å². The van der Waals surface area contributed by atoms with Crippen molar-refractivity contribution in [2.75, 3.05) is 24.1 Å². The summed E-state index contributed by atoms with van der Waals surface area (Å²) in [5.41, 5.74) is 1.43. The van der Waals surface area contributed by atoms with E-state index in [1.165, 1.54) is 38.5 Å². The van der Waals surface area contributed by atoms with Gasteiger partial charge >= 0.3 is 0 Å². The molecular weight excluding hydrogens is 487 g/mol. The van der Waals surface area contributed by atoms with E-state index in [1.54, 1.807) is 6.07 Å². The zero-order valence-electron chi connectivity index (χ0n) is 17.0. The van der Waals surface area contributed by atoms with Crippen molar-refractivity contribution >= 4 is 45.6 Å². The predicted molar refractivity (Wildman–Crippen MR) is 129 cm³/mol. The Kier molecular flexibility index (Phi) is 11.8. The largest absolute Gasteiger partial charge is 0.357 e. The normalized spacial score (nSPS) is 15.6. The number of nitrogens with one attached hydrogen (secondary N) is 3. The van der Waals surface area contributed by atoms with Crippen LogP contribution in [0.4, 0.5) is 5.69 Å². The van der Waals surface area contributed by atoms with Crippen LogP contribution in [0.3, 0.4) is 0 Å². The molecule has 28 heavy (non-hydrogen) atoms.